The molecular weight excluding hydrogens is 339 g/mol. The highest BCUT2D eigenvalue weighted by atomic mass is 28.4. The third-order valence-corrected chi connectivity index (χ3v) is 12.4. The van der Waals surface area contributed by atoms with E-state index in [9.17, 15) is 0 Å². The Morgan fingerprint density at radius 2 is 1.15 bits per heavy atom. The van der Waals surface area contributed by atoms with E-state index in [-0.39, 0.29) is 18.3 Å². The lowest BCUT2D eigenvalue weighted by atomic mass is 9.79. The predicted molar refractivity (Wildman–Crippen MR) is 114 cm³/mol. The maximum Gasteiger partial charge on any atom is 0.494 e. The van der Waals surface area contributed by atoms with Gasteiger partial charge >= 0.3 is 7.12 Å². The molecular formula is C21H37BO3Si. The van der Waals surface area contributed by atoms with Gasteiger partial charge in [0.25, 0.3) is 8.32 Å². The molecule has 0 radical (unpaired) electrons. The van der Waals surface area contributed by atoms with Crippen molar-refractivity contribution in [1.82, 2.24) is 0 Å². The van der Waals surface area contributed by atoms with Crippen LogP contribution in [-0.2, 0) is 9.31 Å². The zero-order valence-corrected chi connectivity index (χ0v) is 19.3. The van der Waals surface area contributed by atoms with Gasteiger partial charge < -0.3 is 13.7 Å². The smallest absolute Gasteiger partial charge is 0.494 e. The summed E-state index contributed by atoms with van der Waals surface area (Å²) in [7, 11) is -2.25. The van der Waals surface area contributed by atoms with Gasteiger partial charge in [-0.1, -0.05) is 53.7 Å². The van der Waals surface area contributed by atoms with Crippen molar-refractivity contribution in [1.29, 1.82) is 0 Å². The van der Waals surface area contributed by atoms with Crippen LogP contribution in [0.25, 0.3) is 0 Å². The number of hydrogen-bond acceptors (Lipinski definition) is 3. The second-order valence-electron chi connectivity index (χ2n) is 9.58. The predicted octanol–water partition coefficient (Wildman–Crippen LogP) is 5.54. The largest absolute Gasteiger partial charge is 0.543 e. The molecule has 0 atom stereocenters. The Morgan fingerprint density at radius 1 is 0.769 bits per heavy atom. The Bertz CT molecular complexity index is 570. The number of hydrogen-bond donors (Lipinski definition) is 0. The SMILES string of the molecule is CC(C)[Si](Oc1ccc(B2OC(C)(C)C(C)(C)O2)cc1)(C(C)C)C(C)C. The summed E-state index contributed by atoms with van der Waals surface area (Å²) in [5.74, 6) is 0.966. The van der Waals surface area contributed by atoms with Crippen molar-refractivity contribution < 1.29 is 13.7 Å². The minimum Gasteiger partial charge on any atom is -0.543 e. The molecule has 0 bridgehead atoms. The molecule has 2 rings (SSSR count). The van der Waals surface area contributed by atoms with Crippen molar-refractivity contribution in [2.45, 2.75) is 97.1 Å². The highest BCUT2D eigenvalue weighted by molar-refractivity contribution is 6.78. The average molecular weight is 376 g/mol. The fraction of sp³-hybridized carbons (Fsp3) is 0.714. The molecule has 0 spiro atoms. The Hall–Kier alpha value is -0.778. The quantitative estimate of drug-likeness (QED) is 0.610. The van der Waals surface area contributed by atoms with Gasteiger partial charge in [0.05, 0.1) is 11.2 Å². The van der Waals surface area contributed by atoms with Crippen LogP contribution in [-0.4, -0.2) is 26.6 Å². The van der Waals surface area contributed by atoms with E-state index >= 15 is 0 Å². The Balaban J connectivity index is 2.22. The highest BCUT2D eigenvalue weighted by Crippen LogP contribution is 2.42. The Kier molecular flexibility index (Phi) is 6.06. The maximum absolute atomic E-state index is 6.74. The summed E-state index contributed by atoms with van der Waals surface area (Å²) in [5.41, 5.74) is 2.09. The second kappa shape index (κ2) is 7.33. The first-order valence-corrected chi connectivity index (χ1v) is 12.1. The van der Waals surface area contributed by atoms with Crippen molar-refractivity contribution in [2.24, 2.45) is 0 Å². The van der Waals surface area contributed by atoms with Crippen LogP contribution >= 0.6 is 0 Å². The molecule has 1 aromatic rings. The normalized spacial score (nSPS) is 19.7. The molecule has 1 aliphatic rings. The van der Waals surface area contributed by atoms with Crippen molar-refractivity contribution in [3.8, 4) is 5.75 Å². The lowest BCUT2D eigenvalue weighted by molar-refractivity contribution is 0.00578. The van der Waals surface area contributed by atoms with Crippen molar-refractivity contribution in [3.63, 3.8) is 0 Å². The standard InChI is InChI=1S/C21H37BO3Si/c1-15(2)26(16(3)4,17(5)6)23-19-13-11-18(12-14-19)22-24-20(7,8)21(9,10)25-22/h11-17H,1-10H3. The molecule has 1 heterocycles. The van der Waals surface area contributed by atoms with Gasteiger partial charge in [0, 0.05) is 0 Å². The van der Waals surface area contributed by atoms with Crippen molar-refractivity contribution in [2.75, 3.05) is 0 Å². The van der Waals surface area contributed by atoms with Gasteiger partial charge in [-0.25, -0.2) is 0 Å². The van der Waals surface area contributed by atoms with Gasteiger partial charge in [0.15, 0.2) is 0 Å². The Morgan fingerprint density at radius 3 is 1.50 bits per heavy atom. The summed E-state index contributed by atoms with van der Waals surface area (Å²) in [5, 5.41) is 0. The van der Waals surface area contributed by atoms with Gasteiger partial charge in [-0.3, -0.25) is 0 Å². The molecule has 0 aromatic heterocycles. The maximum atomic E-state index is 6.74. The molecule has 26 heavy (non-hydrogen) atoms. The molecule has 0 N–H and O–H groups in total. The minimum absolute atomic E-state index is 0.318. The summed E-state index contributed by atoms with van der Waals surface area (Å²) in [6, 6.07) is 8.32. The molecule has 0 unspecified atom stereocenters. The molecule has 1 aromatic carbocycles. The first-order chi connectivity index (χ1) is 11.8. The van der Waals surface area contributed by atoms with Crippen molar-refractivity contribution >= 4 is 20.9 Å². The zero-order chi connectivity index (χ0) is 19.9. The summed E-state index contributed by atoms with van der Waals surface area (Å²) in [4.78, 5) is 0. The van der Waals surface area contributed by atoms with Gasteiger partial charge in [0.1, 0.15) is 5.75 Å². The van der Waals surface area contributed by atoms with E-state index in [1.165, 1.54) is 0 Å². The monoisotopic (exact) mass is 376 g/mol. The molecule has 3 nitrogen and oxygen atoms in total. The molecule has 146 valence electrons. The molecule has 1 aliphatic heterocycles. The van der Waals surface area contributed by atoms with Crippen LogP contribution in [0.5, 0.6) is 5.75 Å². The van der Waals surface area contributed by atoms with Gasteiger partial charge in [-0.05, 0) is 61.9 Å². The van der Waals surface area contributed by atoms with Crippen LogP contribution in [0.4, 0.5) is 0 Å². The average Bonchev–Trinajstić information content (AvgIpc) is 2.72. The summed E-state index contributed by atoms with van der Waals surface area (Å²) >= 11 is 0. The Labute approximate surface area is 162 Å². The third kappa shape index (κ3) is 3.76. The van der Waals surface area contributed by atoms with Crippen LogP contribution < -0.4 is 9.89 Å². The molecule has 5 heteroatoms. The summed E-state index contributed by atoms with van der Waals surface area (Å²) in [6.07, 6.45) is 0. The molecule has 1 fully saturated rings. The molecule has 0 saturated carbocycles. The number of benzene rings is 1. The molecule has 1 saturated heterocycles. The summed E-state index contributed by atoms with van der Waals surface area (Å²) < 4.78 is 19.0. The summed E-state index contributed by atoms with van der Waals surface area (Å²) in [6.45, 7) is 22.2. The third-order valence-electron chi connectivity index (χ3n) is 6.41. The fourth-order valence-corrected chi connectivity index (χ4v) is 9.48. The lowest BCUT2D eigenvalue weighted by Gasteiger charge is -2.42. The van der Waals surface area contributed by atoms with Gasteiger partial charge in [-0.15, -0.1) is 0 Å². The highest BCUT2D eigenvalue weighted by Gasteiger charge is 2.52. The molecule has 0 amide bonds. The van der Waals surface area contributed by atoms with E-state index in [2.05, 4.69) is 93.5 Å². The van der Waals surface area contributed by atoms with E-state index < -0.39 is 8.32 Å². The van der Waals surface area contributed by atoms with Gasteiger partial charge in [0.2, 0.25) is 0 Å². The van der Waals surface area contributed by atoms with Crippen molar-refractivity contribution in [3.05, 3.63) is 24.3 Å². The van der Waals surface area contributed by atoms with Crippen LogP contribution in [0.15, 0.2) is 24.3 Å². The fourth-order valence-electron chi connectivity index (χ4n) is 4.23. The van der Waals surface area contributed by atoms with E-state index in [1.54, 1.807) is 0 Å². The van der Waals surface area contributed by atoms with E-state index in [0.29, 0.717) is 16.6 Å². The first-order valence-electron chi connectivity index (χ1n) is 9.98. The zero-order valence-electron chi connectivity index (χ0n) is 18.3. The van der Waals surface area contributed by atoms with E-state index in [4.69, 9.17) is 13.7 Å². The van der Waals surface area contributed by atoms with E-state index in [0.717, 1.165) is 11.2 Å². The lowest BCUT2D eigenvalue weighted by Crippen LogP contribution is -2.50. The van der Waals surface area contributed by atoms with Gasteiger partial charge in [-0.2, -0.15) is 0 Å². The van der Waals surface area contributed by atoms with Crippen LogP contribution in [0.1, 0.15) is 69.2 Å². The van der Waals surface area contributed by atoms with Crippen LogP contribution in [0.2, 0.25) is 16.6 Å². The van der Waals surface area contributed by atoms with E-state index in [1.807, 2.05) is 0 Å². The topological polar surface area (TPSA) is 27.7 Å². The number of rotatable bonds is 6. The second-order valence-corrected chi connectivity index (χ2v) is 15.0. The minimum atomic E-state index is -1.93. The molecule has 0 aliphatic carbocycles. The first kappa shape index (κ1) is 21.5. The van der Waals surface area contributed by atoms with Crippen LogP contribution in [0.3, 0.4) is 0 Å². The van der Waals surface area contributed by atoms with Crippen LogP contribution in [0, 0.1) is 0 Å².